The molecule has 0 amide bonds. The van der Waals surface area contributed by atoms with Gasteiger partial charge in [0.05, 0.1) is 130 Å². The zero-order valence-corrected chi connectivity index (χ0v) is 77.2. The molecule has 12 aromatic carbocycles. The molecule has 14 aromatic rings. The minimum absolute atomic E-state index is 0.116. The topological polar surface area (TPSA) is 576 Å². The molecule has 2 aromatic heterocycles. The molecular weight excluding hydrogens is 1850 g/mol. The Hall–Kier alpha value is -16.0. The van der Waals surface area contributed by atoms with Crippen LogP contribution in [0.2, 0.25) is 0 Å². The lowest BCUT2D eigenvalue weighted by atomic mass is 10.0. The summed E-state index contributed by atoms with van der Waals surface area (Å²) >= 11 is 0. The number of benzene rings is 12. The van der Waals surface area contributed by atoms with E-state index in [1.54, 1.807) is 153 Å². The Morgan fingerprint density at radius 3 is 1.18 bits per heavy atom. The molecule has 0 aliphatic rings. The van der Waals surface area contributed by atoms with Gasteiger partial charge in [0.2, 0.25) is 11.9 Å². The fourth-order valence-corrected chi connectivity index (χ4v) is 15.2. The van der Waals surface area contributed by atoms with E-state index in [0.717, 1.165) is 23.3 Å². The van der Waals surface area contributed by atoms with Crippen LogP contribution in [0, 0.1) is 27.7 Å². The Morgan fingerprint density at radius 1 is 0.312 bits per heavy atom. The van der Waals surface area contributed by atoms with Crippen molar-refractivity contribution < 1.29 is 71.2 Å². The summed E-state index contributed by atoms with van der Waals surface area (Å²) in [5.74, 6) is 2.23. The summed E-state index contributed by atoms with van der Waals surface area (Å²) in [6.07, 6.45) is 0.411. The number of aromatic nitrogens is 5. The van der Waals surface area contributed by atoms with Gasteiger partial charge in [-0.05, 0) is 256 Å². The second-order valence-corrected chi connectivity index (χ2v) is 35.8. The number of hydrogen-bond donors (Lipinski definition) is 9. The van der Waals surface area contributed by atoms with Crippen molar-refractivity contribution in [3.63, 3.8) is 0 Å². The first kappa shape index (κ1) is 98.1. The van der Waals surface area contributed by atoms with Crippen molar-refractivity contribution in [1.82, 2.24) is 24.9 Å². The van der Waals surface area contributed by atoms with Gasteiger partial charge in [0.25, 0.3) is 40.5 Å². The number of azo groups is 8. The highest BCUT2D eigenvalue weighted by Crippen LogP contribution is 2.40. The maximum Gasteiger partial charge on any atom is 0.296 e. The molecule has 0 unspecified atom stereocenters. The van der Waals surface area contributed by atoms with Crippen LogP contribution in [0.3, 0.4) is 0 Å². The summed E-state index contributed by atoms with van der Waals surface area (Å²) in [4.78, 5) is 22.6. The van der Waals surface area contributed by atoms with E-state index in [9.17, 15) is 57.0 Å². The standard InChI is InChI=1S/C93H85N25O16S4/c1-58-46-62(16-36-78(58)113-109-69-21-17-67(18-22-69)105-107-71-25-32-76(33-26-71)135(120,121)122)50-89-98-90(52-63-47-59(2)83(55-85(63)132-5)118-116-81-39-31-75(54-87(81)138(129,130)131)112-104-66-14-10-7-11-15-66)101-92(100-89)95-41-43-134-45-44-133-42-40-94-88-56-91(96-73-29-37-79(60(3)48-73)114-115-80-38-30-74(53-86(80)137(126,127)128)111-103-65-12-8-6-9-13-65)102-93(99-88)97-84-49-61(4)82(51-64(84)57-119)117-110-70-23-19-68(20-24-70)106-108-72-27-34-77(35-28-72)136(123,124)125/h6-39,46-49,51,53-56,119H,40-45,50,52,57H2,1-5H3,(H,120,121,122)(H,123,124,125)(H,126,127,128)(H,129,130,131)(H,95,98,100,101)(H3,94,96,97,99,102). The van der Waals surface area contributed by atoms with Gasteiger partial charge in [-0.3, -0.25) is 18.2 Å². The molecule has 0 saturated carbocycles. The molecule has 45 heteroatoms. The van der Waals surface area contributed by atoms with Crippen LogP contribution in [0.4, 0.5) is 126 Å². The number of hydrogen-bond acceptors (Lipinski definition) is 37. The molecule has 0 atom stereocenters. The van der Waals surface area contributed by atoms with Gasteiger partial charge in [0, 0.05) is 60.6 Å². The monoisotopic (exact) mass is 1940 g/mol. The van der Waals surface area contributed by atoms with Crippen LogP contribution in [0.15, 0.2) is 362 Å². The van der Waals surface area contributed by atoms with Crippen LogP contribution in [-0.4, -0.2) is 129 Å². The van der Waals surface area contributed by atoms with Crippen molar-refractivity contribution in [2.45, 2.75) is 66.7 Å². The van der Waals surface area contributed by atoms with Crippen molar-refractivity contribution in [1.29, 1.82) is 0 Å². The van der Waals surface area contributed by atoms with Gasteiger partial charge in [-0.1, -0.05) is 48.5 Å². The molecule has 2 heterocycles. The maximum atomic E-state index is 12.7. The number of aliphatic hydroxyl groups excluding tert-OH is 1. The highest BCUT2D eigenvalue weighted by molar-refractivity contribution is 7.86. The number of anilines is 6. The fourth-order valence-electron chi connectivity index (χ4n) is 13.0. The van der Waals surface area contributed by atoms with Crippen molar-refractivity contribution in [3.05, 3.63) is 311 Å². The summed E-state index contributed by atoms with van der Waals surface area (Å²) in [6.45, 7) is 8.20. The molecule has 0 fully saturated rings. The van der Waals surface area contributed by atoms with E-state index in [4.69, 9.17) is 39.1 Å². The predicted octanol–water partition coefficient (Wildman–Crippen LogP) is 23.9. The Bertz CT molecular complexity index is 7520. The number of aliphatic hydroxyl groups is 1. The molecule has 0 bridgehead atoms. The molecule has 14 rings (SSSR count). The lowest BCUT2D eigenvalue weighted by Crippen LogP contribution is -2.17. The fraction of sp³-hybridized carbons (Fsp3) is 0.151. The Morgan fingerprint density at radius 2 is 0.703 bits per heavy atom. The van der Waals surface area contributed by atoms with Crippen molar-refractivity contribution in [2.75, 3.05) is 67.9 Å². The number of methoxy groups -OCH3 is 1. The summed E-state index contributed by atoms with van der Waals surface area (Å²) in [7, 11) is -16.8. The quantitative estimate of drug-likeness (QED) is 0.00976. The van der Waals surface area contributed by atoms with E-state index >= 15 is 0 Å². The molecule has 0 radical (unpaired) electrons. The number of rotatable bonds is 41. The van der Waals surface area contributed by atoms with Gasteiger partial charge in [-0.25, -0.2) is 4.98 Å². The summed E-state index contributed by atoms with van der Waals surface area (Å²) < 4.78 is 154. The van der Waals surface area contributed by atoms with Gasteiger partial charge >= 0.3 is 0 Å². The zero-order valence-electron chi connectivity index (χ0n) is 73.9. The third-order valence-corrected chi connectivity index (χ3v) is 23.4. The lowest BCUT2D eigenvalue weighted by molar-refractivity contribution is 0.0556. The molecule has 138 heavy (non-hydrogen) atoms. The molecule has 0 aliphatic heterocycles. The van der Waals surface area contributed by atoms with Crippen LogP contribution in [0.25, 0.3) is 0 Å². The first-order chi connectivity index (χ1) is 66.3. The third kappa shape index (κ3) is 28.3. The second-order valence-electron chi connectivity index (χ2n) is 30.2. The van der Waals surface area contributed by atoms with Crippen LogP contribution in [0.1, 0.15) is 50.6 Å². The van der Waals surface area contributed by atoms with Gasteiger partial charge < -0.3 is 40.6 Å². The molecule has 41 nitrogen and oxygen atoms in total. The average molecular weight is 1940 g/mol. The lowest BCUT2D eigenvalue weighted by Gasteiger charge is -2.15. The number of nitrogens with zero attached hydrogens (tertiary/aromatic N) is 21. The third-order valence-electron chi connectivity index (χ3n) is 19.9. The minimum Gasteiger partial charge on any atom is -0.496 e. The van der Waals surface area contributed by atoms with Crippen LogP contribution >= 0.6 is 0 Å². The second kappa shape index (κ2) is 45.4. The maximum absolute atomic E-state index is 12.7. The molecule has 0 saturated heterocycles. The summed E-state index contributed by atoms with van der Waals surface area (Å²) in [5.41, 5.74) is 11.2. The van der Waals surface area contributed by atoms with Crippen LogP contribution in [-0.2, 0) is 69.4 Å². The molecule has 0 aliphatic carbocycles. The zero-order chi connectivity index (χ0) is 97.4. The van der Waals surface area contributed by atoms with E-state index < -0.39 is 56.9 Å². The number of ether oxygens (including phenoxy) is 3. The molecular formula is C93H85N25O16S4. The first-order valence-electron chi connectivity index (χ1n) is 41.8. The van der Waals surface area contributed by atoms with Gasteiger partial charge in [0.15, 0.2) is 0 Å². The van der Waals surface area contributed by atoms with E-state index in [1.165, 1.54) is 79.9 Å². The van der Waals surface area contributed by atoms with Crippen molar-refractivity contribution >= 4 is 166 Å². The predicted molar refractivity (Wildman–Crippen MR) is 514 cm³/mol. The van der Waals surface area contributed by atoms with E-state index in [1.807, 2.05) is 50.2 Å². The Kier molecular flexibility index (Phi) is 32.3. The van der Waals surface area contributed by atoms with E-state index in [-0.39, 0.29) is 96.8 Å². The number of nitrogens with one attached hydrogen (secondary N) is 4. The normalized spacial score (nSPS) is 12.3. The van der Waals surface area contributed by atoms with Gasteiger partial charge in [-0.2, -0.15) is 125 Å². The first-order valence-corrected chi connectivity index (χ1v) is 47.6. The number of aryl methyl sites for hydroxylation is 4. The highest BCUT2D eigenvalue weighted by Gasteiger charge is 2.23. The van der Waals surface area contributed by atoms with E-state index in [2.05, 4.69) is 103 Å². The molecule has 9 N–H and O–H groups in total. The SMILES string of the molecule is COc1cc(N=Nc2ccc(N=Nc3ccccc3)cc2S(=O)(=O)O)c(C)cc1Cc1nc(Cc2ccc(N=Nc3ccc(N=Nc4ccc(S(=O)(=O)O)cc4)cc3)c(C)c2)nc(NCCOCCOCCNc2cc(Nc3ccc(N=Nc4ccc(N=Nc5ccccc5)cc4S(=O)(=O)O)c(C)c3)nc(Nc3cc(C)c(N=Nc4ccc(N=Nc5ccc(S(=O)(=O)O)cc5)cc4)cc3CO)n2)n1. The Labute approximate surface area is 791 Å². The van der Waals surface area contributed by atoms with E-state index in [0.29, 0.717) is 136 Å². The smallest absolute Gasteiger partial charge is 0.296 e. The average Bonchev–Trinajstić information content (AvgIpc) is 0.804. The molecule has 702 valence electrons. The summed E-state index contributed by atoms with van der Waals surface area (Å²) in [6, 6.07) is 69.1. The van der Waals surface area contributed by atoms with Crippen LogP contribution in [0.5, 0.6) is 5.75 Å². The van der Waals surface area contributed by atoms with Crippen molar-refractivity contribution in [2.24, 2.45) is 81.8 Å². The largest absolute Gasteiger partial charge is 0.496 e. The van der Waals surface area contributed by atoms with Crippen LogP contribution < -0.4 is 26.0 Å². The Balaban J connectivity index is 0.639. The highest BCUT2D eigenvalue weighted by atomic mass is 32.2. The van der Waals surface area contributed by atoms with Gasteiger partial charge in [0.1, 0.15) is 50.2 Å². The van der Waals surface area contributed by atoms with Crippen molar-refractivity contribution in [3.8, 4) is 5.75 Å². The minimum atomic E-state index is -4.81. The molecule has 0 spiro atoms. The summed E-state index contributed by atoms with van der Waals surface area (Å²) in [5, 5.41) is 92.2. The van der Waals surface area contributed by atoms with Gasteiger partial charge in [-0.15, -0.1) is 10.2 Å².